The van der Waals surface area contributed by atoms with Gasteiger partial charge in [0.05, 0.1) is 6.04 Å². The van der Waals surface area contributed by atoms with E-state index in [1.807, 2.05) is 78.9 Å². The quantitative estimate of drug-likeness (QED) is 0.378. The zero-order valence-corrected chi connectivity index (χ0v) is 18.9. The van der Waals surface area contributed by atoms with Crippen molar-refractivity contribution in [1.82, 2.24) is 10.2 Å². The Morgan fingerprint density at radius 3 is 2.00 bits per heavy atom. The van der Waals surface area contributed by atoms with Gasteiger partial charge in [-0.3, -0.25) is 0 Å². The van der Waals surface area contributed by atoms with E-state index in [1.54, 1.807) is 29.2 Å². The smallest absolute Gasteiger partial charge is 0.410 e. The summed E-state index contributed by atoms with van der Waals surface area (Å²) in [5.41, 5.74) is 2.79. The summed E-state index contributed by atoms with van der Waals surface area (Å²) in [6.45, 7) is 0.372. The third-order valence-corrected chi connectivity index (χ3v) is 5.86. The maximum absolute atomic E-state index is 13.6. The number of ether oxygens (including phenoxy) is 1. The first kappa shape index (κ1) is 22.3. The second kappa shape index (κ2) is 10.2. The average Bonchev–Trinajstić information content (AvgIpc) is 3.30. The van der Waals surface area contributed by atoms with Crippen LogP contribution in [0.4, 0.5) is 9.18 Å². The van der Waals surface area contributed by atoms with Crippen LogP contribution in [0, 0.1) is 5.82 Å². The molecule has 0 aromatic heterocycles. The van der Waals surface area contributed by atoms with Gasteiger partial charge in [-0.2, -0.15) is 0 Å². The number of hydrogen-bond donors (Lipinski definition) is 1. The molecule has 0 saturated heterocycles. The van der Waals surface area contributed by atoms with Crippen LogP contribution in [0.25, 0.3) is 0 Å². The Balaban J connectivity index is 1.52. The van der Waals surface area contributed by atoms with Gasteiger partial charge >= 0.3 is 6.09 Å². The van der Waals surface area contributed by atoms with Crippen molar-refractivity contribution in [2.45, 2.75) is 18.6 Å². The van der Waals surface area contributed by atoms with E-state index in [-0.39, 0.29) is 11.9 Å². The second-order valence-corrected chi connectivity index (χ2v) is 8.19. The lowest BCUT2D eigenvalue weighted by Crippen LogP contribution is -2.45. The lowest BCUT2D eigenvalue weighted by Gasteiger charge is -2.28. The molecule has 174 valence electrons. The lowest BCUT2D eigenvalue weighted by molar-refractivity contribution is 0.162. The number of rotatable bonds is 5. The third-order valence-electron chi connectivity index (χ3n) is 5.86. The van der Waals surface area contributed by atoms with Crippen molar-refractivity contribution in [2.24, 2.45) is 4.99 Å². The number of carbonyl (C=O) groups is 1. The highest BCUT2D eigenvalue weighted by Crippen LogP contribution is 2.42. The van der Waals surface area contributed by atoms with Crippen LogP contribution in [0.5, 0.6) is 5.75 Å². The molecule has 5 nitrogen and oxygen atoms in total. The van der Waals surface area contributed by atoms with Crippen LogP contribution in [0.1, 0.15) is 28.8 Å². The number of amides is 1. The van der Waals surface area contributed by atoms with Crippen LogP contribution in [0.2, 0.25) is 0 Å². The molecule has 0 spiro atoms. The van der Waals surface area contributed by atoms with Crippen molar-refractivity contribution >= 4 is 12.1 Å². The molecule has 1 amide bonds. The van der Waals surface area contributed by atoms with Crippen LogP contribution in [0.15, 0.2) is 120 Å². The van der Waals surface area contributed by atoms with Gasteiger partial charge in [0.15, 0.2) is 0 Å². The van der Waals surface area contributed by atoms with Crippen LogP contribution in [-0.2, 0) is 6.54 Å². The summed E-state index contributed by atoms with van der Waals surface area (Å²) < 4.78 is 19.1. The number of halogens is 1. The molecule has 1 aliphatic heterocycles. The van der Waals surface area contributed by atoms with Gasteiger partial charge in [-0.25, -0.2) is 19.1 Å². The molecule has 2 atom stereocenters. The summed E-state index contributed by atoms with van der Waals surface area (Å²) >= 11 is 0. The summed E-state index contributed by atoms with van der Waals surface area (Å²) in [6, 6.07) is 34.2. The Kier molecular flexibility index (Phi) is 6.52. The summed E-state index contributed by atoms with van der Waals surface area (Å²) in [4.78, 5) is 20.1. The zero-order chi connectivity index (χ0) is 24.0. The normalized spacial score (nSPS) is 17.1. The van der Waals surface area contributed by atoms with Gasteiger partial charge < -0.3 is 10.1 Å². The van der Waals surface area contributed by atoms with Gasteiger partial charge in [-0.1, -0.05) is 91.0 Å². The third kappa shape index (κ3) is 5.06. The van der Waals surface area contributed by atoms with Crippen LogP contribution < -0.4 is 10.1 Å². The molecule has 4 aromatic rings. The Hall–Kier alpha value is -4.45. The number of guanidine groups is 1. The summed E-state index contributed by atoms with van der Waals surface area (Å²) in [5.74, 6) is 0.552. The molecule has 2 unspecified atom stereocenters. The largest absolute Gasteiger partial charge is 0.422 e. The first-order chi connectivity index (χ1) is 17.2. The second-order valence-electron chi connectivity index (χ2n) is 8.19. The molecular weight excluding hydrogens is 441 g/mol. The van der Waals surface area contributed by atoms with Gasteiger partial charge in [-0.05, 0) is 41.0 Å². The van der Waals surface area contributed by atoms with Gasteiger partial charge in [0, 0.05) is 6.54 Å². The van der Waals surface area contributed by atoms with Gasteiger partial charge in [0.2, 0.25) is 5.96 Å². The van der Waals surface area contributed by atoms with E-state index in [1.165, 1.54) is 12.1 Å². The highest BCUT2D eigenvalue weighted by atomic mass is 19.1. The number of nitrogens with one attached hydrogen (secondary N) is 1. The Morgan fingerprint density at radius 2 is 1.37 bits per heavy atom. The van der Waals surface area contributed by atoms with Crippen molar-refractivity contribution in [2.75, 3.05) is 0 Å². The minimum Gasteiger partial charge on any atom is -0.410 e. The predicted molar refractivity (Wildman–Crippen MR) is 133 cm³/mol. The van der Waals surface area contributed by atoms with E-state index in [9.17, 15) is 9.18 Å². The average molecular weight is 466 g/mol. The summed E-state index contributed by atoms with van der Waals surface area (Å²) in [7, 11) is 0. The van der Waals surface area contributed by atoms with Gasteiger partial charge in [-0.15, -0.1) is 0 Å². The minimum atomic E-state index is -0.533. The standard InChI is InChI=1S/C29H24FN3O2/c30-24-18-16-21(17-19-24)20-31-28-32-26(22-10-4-1-5-11-22)27(23-12-6-2-7-13-23)33(28)29(34)35-25-14-8-3-9-15-25/h1-19,26-27H,20H2,(H,31,32). The summed E-state index contributed by atoms with van der Waals surface area (Å²) in [6.07, 6.45) is -0.533. The molecular formula is C29H24FN3O2. The van der Waals surface area contributed by atoms with Crippen molar-refractivity contribution < 1.29 is 13.9 Å². The van der Waals surface area contributed by atoms with E-state index in [2.05, 4.69) is 5.32 Å². The van der Waals surface area contributed by atoms with Gasteiger partial charge in [0.25, 0.3) is 0 Å². The van der Waals surface area contributed by atoms with E-state index in [0.717, 1.165) is 16.7 Å². The van der Waals surface area contributed by atoms with Crippen LogP contribution >= 0.6 is 0 Å². The molecule has 35 heavy (non-hydrogen) atoms. The molecule has 4 aromatic carbocycles. The van der Waals surface area contributed by atoms with E-state index in [0.29, 0.717) is 18.3 Å². The van der Waals surface area contributed by atoms with E-state index >= 15 is 0 Å². The van der Waals surface area contributed by atoms with Crippen molar-refractivity contribution in [3.05, 3.63) is 138 Å². The summed E-state index contributed by atoms with van der Waals surface area (Å²) in [5, 5.41) is 3.29. The molecule has 0 bridgehead atoms. The van der Waals surface area contributed by atoms with Crippen LogP contribution in [-0.4, -0.2) is 17.0 Å². The molecule has 0 aliphatic carbocycles. The first-order valence-electron chi connectivity index (χ1n) is 11.4. The highest BCUT2D eigenvalue weighted by Gasteiger charge is 2.43. The van der Waals surface area contributed by atoms with Crippen molar-refractivity contribution in [1.29, 1.82) is 0 Å². The molecule has 5 rings (SSSR count). The van der Waals surface area contributed by atoms with Crippen LogP contribution in [0.3, 0.4) is 0 Å². The van der Waals surface area contributed by atoms with Crippen molar-refractivity contribution in [3.8, 4) is 5.75 Å². The topological polar surface area (TPSA) is 53.9 Å². The maximum Gasteiger partial charge on any atom is 0.422 e. The Labute approximate surface area is 203 Å². The predicted octanol–water partition coefficient (Wildman–Crippen LogP) is 6.27. The fourth-order valence-electron chi connectivity index (χ4n) is 4.18. The van der Waals surface area contributed by atoms with E-state index in [4.69, 9.17) is 9.73 Å². The molecule has 0 saturated carbocycles. The molecule has 1 heterocycles. The fraction of sp³-hybridized carbons (Fsp3) is 0.103. The SMILES string of the molecule is O=C(Oc1ccccc1)N1C(NCc2ccc(F)cc2)=NC(c2ccccc2)C1c1ccccc1. The number of carbonyl (C=O) groups excluding carboxylic acids is 1. The van der Waals surface area contributed by atoms with Gasteiger partial charge in [0.1, 0.15) is 17.6 Å². The van der Waals surface area contributed by atoms with E-state index < -0.39 is 12.1 Å². The number of hydrogen-bond acceptors (Lipinski definition) is 4. The number of benzene rings is 4. The number of para-hydroxylation sites is 1. The first-order valence-corrected chi connectivity index (χ1v) is 11.4. The molecule has 0 radical (unpaired) electrons. The molecule has 1 N–H and O–H groups in total. The Morgan fingerprint density at radius 1 is 0.800 bits per heavy atom. The maximum atomic E-state index is 13.6. The number of nitrogens with zero attached hydrogens (tertiary/aromatic N) is 2. The fourth-order valence-corrected chi connectivity index (χ4v) is 4.18. The zero-order valence-electron chi connectivity index (χ0n) is 18.9. The number of aliphatic imine (C=N–C) groups is 1. The highest BCUT2D eigenvalue weighted by molar-refractivity contribution is 5.97. The molecule has 1 aliphatic rings. The minimum absolute atomic E-state index is 0.298. The monoisotopic (exact) mass is 465 g/mol. The van der Waals surface area contributed by atoms with Crippen molar-refractivity contribution in [3.63, 3.8) is 0 Å². The molecule has 6 heteroatoms. The lowest BCUT2D eigenvalue weighted by atomic mass is 9.94. The Bertz CT molecular complexity index is 1300. The molecule has 0 fully saturated rings.